The second-order valence-corrected chi connectivity index (χ2v) is 9.24. The number of carbonyl (C=O) groups excluding carboxylic acids is 2. The van der Waals surface area contributed by atoms with E-state index in [1.165, 1.54) is 19.3 Å². The maximum absolute atomic E-state index is 12.0. The molecule has 32 heavy (non-hydrogen) atoms. The SMILES string of the molecule is CCC(=O)c1cccc(N2CCN(CCC3CCC(NC(=O)CCCC#N)CC3)CC2)c1. The average Bonchev–Trinajstić information content (AvgIpc) is 2.83. The molecule has 1 saturated carbocycles. The first-order chi connectivity index (χ1) is 15.6. The number of nitrogens with one attached hydrogen (secondary N) is 1. The van der Waals surface area contributed by atoms with Gasteiger partial charge in [-0.3, -0.25) is 14.5 Å². The number of carbonyl (C=O) groups is 2. The molecule has 3 rings (SSSR count). The van der Waals surface area contributed by atoms with Gasteiger partial charge in [-0.05, 0) is 63.1 Å². The summed E-state index contributed by atoms with van der Waals surface area (Å²) in [6.07, 6.45) is 7.93. The van der Waals surface area contributed by atoms with Crippen LogP contribution in [0.15, 0.2) is 24.3 Å². The number of unbranched alkanes of at least 4 members (excludes halogenated alkanes) is 1. The number of rotatable bonds is 10. The van der Waals surface area contributed by atoms with E-state index in [-0.39, 0.29) is 11.7 Å². The summed E-state index contributed by atoms with van der Waals surface area (Å²) in [5.74, 6) is 1.07. The van der Waals surface area contributed by atoms with E-state index in [4.69, 9.17) is 5.26 Å². The van der Waals surface area contributed by atoms with Crippen LogP contribution in [0.4, 0.5) is 5.69 Å². The molecule has 1 amide bonds. The number of nitrogens with zero attached hydrogens (tertiary/aromatic N) is 3. The smallest absolute Gasteiger partial charge is 0.220 e. The van der Waals surface area contributed by atoms with Crippen molar-refractivity contribution in [2.75, 3.05) is 37.6 Å². The van der Waals surface area contributed by atoms with E-state index in [9.17, 15) is 9.59 Å². The van der Waals surface area contributed by atoms with Crippen molar-refractivity contribution in [3.63, 3.8) is 0 Å². The summed E-state index contributed by atoms with van der Waals surface area (Å²) in [5, 5.41) is 11.7. The van der Waals surface area contributed by atoms with Crippen LogP contribution in [0.1, 0.15) is 75.1 Å². The Balaban J connectivity index is 1.33. The van der Waals surface area contributed by atoms with E-state index in [2.05, 4.69) is 27.3 Å². The number of Topliss-reactive ketones (excluding diaryl/α,β-unsaturated/α-hetero) is 1. The first-order valence-corrected chi connectivity index (χ1v) is 12.4. The predicted octanol–water partition coefficient (Wildman–Crippen LogP) is 4.16. The highest BCUT2D eigenvalue weighted by Gasteiger charge is 2.24. The summed E-state index contributed by atoms with van der Waals surface area (Å²) in [6.45, 7) is 7.22. The normalized spacial score (nSPS) is 21.7. The fraction of sp³-hybridized carbons (Fsp3) is 0.654. The zero-order valence-corrected chi connectivity index (χ0v) is 19.5. The molecule has 174 valence electrons. The van der Waals surface area contributed by atoms with E-state index in [1.54, 1.807) is 0 Å². The third-order valence-corrected chi connectivity index (χ3v) is 6.98. The minimum absolute atomic E-state index is 0.103. The Kier molecular flexibility index (Phi) is 9.55. The van der Waals surface area contributed by atoms with Crippen LogP contribution < -0.4 is 10.2 Å². The van der Waals surface area contributed by atoms with Crippen molar-refractivity contribution in [1.82, 2.24) is 10.2 Å². The zero-order chi connectivity index (χ0) is 22.8. The minimum atomic E-state index is 0.103. The van der Waals surface area contributed by atoms with Crippen LogP contribution in [0.3, 0.4) is 0 Å². The van der Waals surface area contributed by atoms with Gasteiger partial charge < -0.3 is 10.2 Å². The molecule has 0 atom stereocenters. The summed E-state index contributed by atoms with van der Waals surface area (Å²) in [7, 11) is 0. The minimum Gasteiger partial charge on any atom is -0.369 e. The quantitative estimate of drug-likeness (QED) is 0.438. The molecular weight excluding hydrogens is 400 g/mol. The zero-order valence-electron chi connectivity index (χ0n) is 19.5. The molecule has 0 radical (unpaired) electrons. The Morgan fingerprint density at radius 3 is 2.56 bits per heavy atom. The van der Waals surface area contributed by atoms with Crippen LogP contribution in [-0.2, 0) is 4.79 Å². The Morgan fingerprint density at radius 1 is 1.12 bits per heavy atom. The lowest BCUT2D eigenvalue weighted by molar-refractivity contribution is -0.122. The van der Waals surface area contributed by atoms with Gasteiger partial charge in [0.2, 0.25) is 5.91 Å². The molecule has 2 fully saturated rings. The molecular formula is C26H38N4O2. The van der Waals surface area contributed by atoms with Crippen LogP contribution in [0.25, 0.3) is 0 Å². The molecule has 1 aromatic rings. The first kappa shape index (κ1) is 24.3. The molecule has 2 aliphatic rings. The van der Waals surface area contributed by atoms with Crippen LogP contribution >= 0.6 is 0 Å². The standard InChI is InChI=1S/C26H38N4O2/c1-2-25(31)22-6-5-7-24(20-22)30-18-16-29(17-19-30)15-13-21-9-11-23(12-10-21)28-26(32)8-3-4-14-27/h5-7,20-21,23H,2-4,8-13,15-19H2,1H3,(H,28,32). The van der Waals surface area contributed by atoms with Gasteiger partial charge in [0.05, 0.1) is 6.07 Å². The van der Waals surface area contributed by atoms with Crippen molar-refractivity contribution in [3.8, 4) is 6.07 Å². The largest absolute Gasteiger partial charge is 0.369 e. The van der Waals surface area contributed by atoms with Gasteiger partial charge in [0, 0.05) is 62.7 Å². The number of ketones is 1. The number of anilines is 1. The van der Waals surface area contributed by atoms with Crippen molar-refractivity contribution in [2.45, 2.75) is 70.8 Å². The fourth-order valence-electron chi connectivity index (χ4n) is 4.90. The lowest BCUT2D eigenvalue weighted by Gasteiger charge is -2.37. The van der Waals surface area contributed by atoms with Gasteiger partial charge in [0.15, 0.2) is 5.78 Å². The molecule has 1 heterocycles. The lowest BCUT2D eigenvalue weighted by Crippen LogP contribution is -2.47. The van der Waals surface area contributed by atoms with Gasteiger partial charge in [-0.15, -0.1) is 0 Å². The summed E-state index contributed by atoms with van der Waals surface area (Å²) in [4.78, 5) is 28.9. The van der Waals surface area contributed by atoms with Gasteiger partial charge in [-0.1, -0.05) is 19.1 Å². The molecule has 1 saturated heterocycles. The average molecular weight is 439 g/mol. The van der Waals surface area contributed by atoms with Crippen molar-refractivity contribution in [1.29, 1.82) is 5.26 Å². The summed E-state index contributed by atoms with van der Waals surface area (Å²) >= 11 is 0. The molecule has 1 aliphatic carbocycles. The van der Waals surface area contributed by atoms with E-state index in [0.717, 1.165) is 62.7 Å². The summed E-state index contributed by atoms with van der Waals surface area (Å²) in [6, 6.07) is 10.5. The Morgan fingerprint density at radius 2 is 1.88 bits per heavy atom. The summed E-state index contributed by atoms with van der Waals surface area (Å²) < 4.78 is 0. The van der Waals surface area contributed by atoms with Crippen LogP contribution in [0, 0.1) is 17.2 Å². The molecule has 0 spiro atoms. The number of hydrogen-bond donors (Lipinski definition) is 1. The van der Waals surface area contributed by atoms with Gasteiger partial charge in [-0.2, -0.15) is 5.26 Å². The van der Waals surface area contributed by atoms with Gasteiger partial charge in [0.1, 0.15) is 0 Å². The van der Waals surface area contributed by atoms with Gasteiger partial charge in [0.25, 0.3) is 0 Å². The fourth-order valence-corrected chi connectivity index (χ4v) is 4.90. The second-order valence-electron chi connectivity index (χ2n) is 9.24. The number of hydrogen-bond acceptors (Lipinski definition) is 5. The number of nitriles is 1. The Bertz CT molecular complexity index is 787. The number of piperazine rings is 1. The summed E-state index contributed by atoms with van der Waals surface area (Å²) in [5.41, 5.74) is 1.98. The lowest BCUT2D eigenvalue weighted by atomic mass is 9.84. The highest BCUT2D eigenvalue weighted by atomic mass is 16.1. The van der Waals surface area contributed by atoms with Crippen molar-refractivity contribution < 1.29 is 9.59 Å². The van der Waals surface area contributed by atoms with Gasteiger partial charge in [-0.25, -0.2) is 0 Å². The van der Waals surface area contributed by atoms with E-state index >= 15 is 0 Å². The van der Waals surface area contributed by atoms with Crippen molar-refractivity contribution in [3.05, 3.63) is 29.8 Å². The molecule has 1 aromatic carbocycles. The third-order valence-electron chi connectivity index (χ3n) is 6.98. The highest BCUT2D eigenvalue weighted by Crippen LogP contribution is 2.27. The Labute approximate surface area is 193 Å². The molecule has 0 bridgehead atoms. The maximum Gasteiger partial charge on any atom is 0.220 e. The highest BCUT2D eigenvalue weighted by molar-refractivity contribution is 5.96. The Hall–Kier alpha value is -2.39. The van der Waals surface area contributed by atoms with Crippen molar-refractivity contribution in [2.24, 2.45) is 5.92 Å². The number of benzene rings is 1. The van der Waals surface area contributed by atoms with Crippen LogP contribution in [-0.4, -0.2) is 55.4 Å². The van der Waals surface area contributed by atoms with Gasteiger partial charge >= 0.3 is 0 Å². The monoisotopic (exact) mass is 438 g/mol. The predicted molar refractivity (Wildman–Crippen MR) is 128 cm³/mol. The van der Waals surface area contributed by atoms with Crippen LogP contribution in [0.5, 0.6) is 0 Å². The first-order valence-electron chi connectivity index (χ1n) is 12.4. The molecule has 1 N–H and O–H groups in total. The molecule has 6 heteroatoms. The van der Waals surface area contributed by atoms with Crippen molar-refractivity contribution >= 4 is 17.4 Å². The number of amides is 1. The van der Waals surface area contributed by atoms with E-state index in [1.807, 2.05) is 25.1 Å². The van der Waals surface area contributed by atoms with E-state index < -0.39 is 0 Å². The molecule has 6 nitrogen and oxygen atoms in total. The van der Waals surface area contributed by atoms with E-state index in [0.29, 0.717) is 31.7 Å². The maximum atomic E-state index is 12.0. The second kappa shape index (κ2) is 12.6. The third kappa shape index (κ3) is 7.34. The topological polar surface area (TPSA) is 76.4 Å². The molecule has 0 unspecified atom stereocenters. The van der Waals surface area contributed by atoms with Crippen LogP contribution in [0.2, 0.25) is 0 Å². The molecule has 1 aliphatic heterocycles. The molecule has 0 aromatic heterocycles.